The maximum absolute atomic E-state index is 11.7. The van der Waals surface area contributed by atoms with Crippen molar-refractivity contribution in [1.82, 2.24) is 0 Å². The van der Waals surface area contributed by atoms with Gasteiger partial charge in [0.25, 0.3) is 0 Å². The minimum absolute atomic E-state index is 0.288. The number of benzene rings is 3. The molecule has 0 aliphatic heterocycles. The summed E-state index contributed by atoms with van der Waals surface area (Å²) in [7, 11) is -4.66. The van der Waals surface area contributed by atoms with E-state index in [-0.39, 0.29) is 5.56 Å². The summed E-state index contributed by atoms with van der Waals surface area (Å²) in [6.07, 6.45) is 1.13. The number of hydrogen-bond acceptors (Lipinski definition) is 2. The van der Waals surface area contributed by atoms with Gasteiger partial charge in [0.1, 0.15) is 0 Å². The molecular formula is C21H21O4P. The molecule has 0 amide bonds. The molecular weight excluding hydrogens is 347 g/mol. The zero-order valence-corrected chi connectivity index (χ0v) is 15.1. The van der Waals surface area contributed by atoms with Gasteiger partial charge in [0.2, 0.25) is 0 Å². The topological polar surface area (TPSA) is 77.8 Å². The van der Waals surface area contributed by atoms with E-state index in [0.29, 0.717) is 12.8 Å². The second-order valence-electron chi connectivity index (χ2n) is 6.27. The fourth-order valence-corrected chi connectivity index (χ4v) is 3.68. The minimum atomic E-state index is -4.66. The van der Waals surface area contributed by atoms with Gasteiger partial charge in [-0.25, -0.2) is 0 Å². The Kier molecular flexibility index (Phi) is 5.70. The van der Waals surface area contributed by atoms with Gasteiger partial charge in [-0.1, -0.05) is 78.9 Å². The molecule has 3 aromatic rings. The van der Waals surface area contributed by atoms with Crippen LogP contribution in [0, 0.1) is 0 Å². The van der Waals surface area contributed by atoms with Crippen LogP contribution in [-0.2, 0) is 17.4 Å². The molecule has 0 unspecified atom stereocenters. The number of aliphatic hydroxyl groups excluding tert-OH is 1. The van der Waals surface area contributed by atoms with Crippen LogP contribution in [0.1, 0.15) is 33.7 Å². The van der Waals surface area contributed by atoms with E-state index in [2.05, 4.69) is 0 Å². The van der Waals surface area contributed by atoms with Crippen LogP contribution >= 0.6 is 7.60 Å². The van der Waals surface area contributed by atoms with Crippen molar-refractivity contribution in [2.45, 2.75) is 18.7 Å². The van der Waals surface area contributed by atoms with Crippen molar-refractivity contribution < 1.29 is 19.5 Å². The highest BCUT2D eigenvalue weighted by molar-refractivity contribution is 7.51. The SMILES string of the molecule is O=P(O)(O)[C@H](O)c1cccc(Cc2ccccc2)c1Cc1ccccc1. The molecule has 3 rings (SSSR count). The summed E-state index contributed by atoms with van der Waals surface area (Å²) in [6.45, 7) is 0. The lowest BCUT2D eigenvalue weighted by atomic mass is 9.91. The molecule has 0 heterocycles. The fraction of sp³-hybridized carbons (Fsp3) is 0.143. The average Bonchev–Trinajstić information content (AvgIpc) is 2.63. The van der Waals surface area contributed by atoms with Crippen molar-refractivity contribution in [2.24, 2.45) is 0 Å². The van der Waals surface area contributed by atoms with Gasteiger partial charge in [-0.3, -0.25) is 4.57 Å². The average molecular weight is 368 g/mol. The maximum atomic E-state index is 11.7. The Morgan fingerprint density at radius 2 is 1.27 bits per heavy atom. The van der Waals surface area contributed by atoms with Gasteiger partial charge in [-0.2, -0.15) is 0 Å². The van der Waals surface area contributed by atoms with Crippen LogP contribution in [0.2, 0.25) is 0 Å². The van der Waals surface area contributed by atoms with Gasteiger partial charge in [0, 0.05) is 0 Å². The van der Waals surface area contributed by atoms with E-state index in [1.807, 2.05) is 66.7 Å². The molecule has 0 aromatic heterocycles. The number of hydrogen-bond donors (Lipinski definition) is 3. The van der Waals surface area contributed by atoms with Gasteiger partial charge < -0.3 is 14.9 Å². The van der Waals surface area contributed by atoms with Crippen molar-refractivity contribution in [3.8, 4) is 0 Å². The van der Waals surface area contributed by atoms with E-state index in [1.165, 1.54) is 0 Å². The molecule has 1 atom stereocenters. The maximum Gasteiger partial charge on any atom is 0.358 e. The standard InChI is InChI=1S/C21H21O4P/c22-21(26(23,24)25)19-13-7-12-18(14-16-8-3-1-4-9-16)20(19)15-17-10-5-2-6-11-17/h1-13,21-22H,14-15H2,(H2,23,24,25)/t21-/m0/s1. The molecule has 134 valence electrons. The Hall–Kier alpha value is -2.23. The van der Waals surface area contributed by atoms with E-state index in [1.54, 1.807) is 12.1 Å². The van der Waals surface area contributed by atoms with Crippen LogP contribution in [0.15, 0.2) is 78.9 Å². The molecule has 26 heavy (non-hydrogen) atoms. The van der Waals surface area contributed by atoms with E-state index in [4.69, 9.17) is 0 Å². The van der Waals surface area contributed by atoms with Crippen LogP contribution in [0.4, 0.5) is 0 Å². The number of aliphatic hydroxyl groups is 1. The van der Waals surface area contributed by atoms with Gasteiger partial charge >= 0.3 is 7.60 Å². The molecule has 3 N–H and O–H groups in total. The first-order valence-corrected chi connectivity index (χ1v) is 10.0. The zero-order chi connectivity index (χ0) is 18.6. The molecule has 0 spiro atoms. The largest absolute Gasteiger partial charge is 0.376 e. The predicted molar refractivity (Wildman–Crippen MR) is 102 cm³/mol. The lowest BCUT2D eigenvalue weighted by molar-refractivity contribution is 0.205. The summed E-state index contributed by atoms with van der Waals surface area (Å²) in [6, 6.07) is 24.9. The van der Waals surface area contributed by atoms with Gasteiger partial charge in [0.15, 0.2) is 5.85 Å². The summed E-state index contributed by atoms with van der Waals surface area (Å²) < 4.78 is 11.7. The highest BCUT2D eigenvalue weighted by atomic mass is 31.2. The van der Waals surface area contributed by atoms with E-state index in [9.17, 15) is 19.5 Å². The first-order valence-electron chi connectivity index (χ1n) is 8.37. The molecule has 0 aliphatic rings. The summed E-state index contributed by atoms with van der Waals surface area (Å²) in [5.41, 5.74) is 4.12. The lowest BCUT2D eigenvalue weighted by Crippen LogP contribution is -2.07. The van der Waals surface area contributed by atoms with Gasteiger partial charge in [-0.15, -0.1) is 0 Å². The normalized spacial score (nSPS) is 12.7. The second kappa shape index (κ2) is 7.98. The highest BCUT2D eigenvalue weighted by Crippen LogP contribution is 2.51. The van der Waals surface area contributed by atoms with Crippen LogP contribution in [0.3, 0.4) is 0 Å². The van der Waals surface area contributed by atoms with Crippen LogP contribution in [0.25, 0.3) is 0 Å². The molecule has 3 aromatic carbocycles. The Bertz CT molecular complexity index is 904. The summed E-state index contributed by atoms with van der Waals surface area (Å²) in [4.78, 5) is 18.9. The molecule has 5 heteroatoms. The Morgan fingerprint density at radius 1 is 0.731 bits per heavy atom. The second-order valence-corrected chi connectivity index (χ2v) is 7.94. The zero-order valence-electron chi connectivity index (χ0n) is 14.2. The van der Waals surface area contributed by atoms with Crippen molar-refractivity contribution in [2.75, 3.05) is 0 Å². The van der Waals surface area contributed by atoms with Crippen molar-refractivity contribution in [3.05, 3.63) is 107 Å². The third-order valence-electron chi connectivity index (χ3n) is 4.37. The van der Waals surface area contributed by atoms with Crippen LogP contribution in [-0.4, -0.2) is 14.9 Å². The molecule has 0 radical (unpaired) electrons. The lowest BCUT2D eigenvalue weighted by Gasteiger charge is -2.20. The summed E-state index contributed by atoms with van der Waals surface area (Å²) in [5.74, 6) is -1.82. The quantitative estimate of drug-likeness (QED) is 0.574. The summed E-state index contributed by atoms with van der Waals surface area (Å²) in [5, 5.41) is 10.2. The first kappa shape index (κ1) is 18.6. The van der Waals surface area contributed by atoms with E-state index < -0.39 is 13.4 Å². The van der Waals surface area contributed by atoms with E-state index in [0.717, 1.165) is 22.3 Å². The smallest absolute Gasteiger partial charge is 0.358 e. The Labute approximate surface area is 152 Å². The highest BCUT2D eigenvalue weighted by Gasteiger charge is 2.30. The van der Waals surface area contributed by atoms with Crippen molar-refractivity contribution in [1.29, 1.82) is 0 Å². The van der Waals surface area contributed by atoms with Crippen LogP contribution < -0.4 is 0 Å². The Balaban J connectivity index is 2.06. The molecule has 0 bridgehead atoms. The van der Waals surface area contributed by atoms with Gasteiger partial charge in [-0.05, 0) is 40.7 Å². The third-order valence-corrected chi connectivity index (χ3v) is 5.28. The minimum Gasteiger partial charge on any atom is -0.376 e. The summed E-state index contributed by atoms with van der Waals surface area (Å²) >= 11 is 0. The molecule has 0 saturated carbocycles. The Morgan fingerprint density at radius 3 is 1.81 bits per heavy atom. The van der Waals surface area contributed by atoms with Gasteiger partial charge in [0.05, 0.1) is 0 Å². The van der Waals surface area contributed by atoms with Crippen molar-refractivity contribution >= 4 is 7.60 Å². The predicted octanol–water partition coefficient (Wildman–Crippen LogP) is 4.04. The monoisotopic (exact) mass is 368 g/mol. The molecule has 0 aliphatic carbocycles. The third kappa shape index (κ3) is 4.48. The van der Waals surface area contributed by atoms with E-state index >= 15 is 0 Å². The number of rotatable bonds is 6. The fourth-order valence-electron chi connectivity index (χ4n) is 3.07. The molecule has 0 saturated heterocycles. The molecule has 4 nitrogen and oxygen atoms in total. The molecule has 0 fully saturated rings. The first-order chi connectivity index (χ1) is 12.4. The van der Waals surface area contributed by atoms with Crippen LogP contribution in [0.5, 0.6) is 0 Å². The van der Waals surface area contributed by atoms with Crippen molar-refractivity contribution in [3.63, 3.8) is 0 Å².